The van der Waals surface area contributed by atoms with Crippen LogP contribution < -0.4 is 5.32 Å². The lowest BCUT2D eigenvalue weighted by molar-refractivity contribution is -0.129. The third-order valence-electron chi connectivity index (χ3n) is 4.82. The average molecular weight is 376 g/mol. The number of hydrogen-bond donors (Lipinski definition) is 1. The molecular formula is C22H20N2O2S. The second-order valence-corrected chi connectivity index (χ2v) is 7.60. The first-order valence-corrected chi connectivity index (χ1v) is 9.83. The summed E-state index contributed by atoms with van der Waals surface area (Å²) in [7, 11) is 0. The maximum absolute atomic E-state index is 12.8. The van der Waals surface area contributed by atoms with Crippen molar-refractivity contribution >= 4 is 23.2 Å². The second kappa shape index (κ2) is 7.76. The number of carbonyl (C=O) groups is 2. The monoisotopic (exact) mass is 376 g/mol. The fourth-order valence-corrected chi connectivity index (χ4v) is 3.97. The molecule has 1 N–H and O–H groups in total. The average Bonchev–Trinajstić information content (AvgIpc) is 3.21. The first kappa shape index (κ1) is 17.5. The standard InChI is InChI=1S/C22H20N2O2S/c25-21(18-14-24(15-18)22(26)19-12-7-13-27-19)23-20(16-8-3-1-4-9-16)17-10-5-2-6-11-17/h1-13,18,20H,14-15H2,(H,23,25). The van der Waals surface area contributed by atoms with E-state index in [9.17, 15) is 9.59 Å². The quantitative estimate of drug-likeness (QED) is 0.738. The second-order valence-electron chi connectivity index (χ2n) is 6.65. The summed E-state index contributed by atoms with van der Waals surface area (Å²) in [5.74, 6) is -0.163. The molecule has 0 atom stereocenters. The fourth-order valence-electron chi connectivity index (χ4n) is 3.28. The molecule has 136 valence electrons. The van der Waals surface area contributed by atoms with Crippen molar-refractivity contribution in [2.24, 2.45) is 5.92 Å². The van der Waals surface area contributed by atoms with E-state index in [1.165, 1.54) is 11.3 Å². The van der Waals surface area contributed by atoms with Gasteiger partial charge in [-0.3, -0.25) is 9.59 Å². The third kappa shape index (κ3) is 3.78. The molecule has 5 heteroatoms. The summed E-state index contributed by atoms with van der Waals surface area (Å²) in [5, 5.41) is 5.06. The minimum Gasteiger partial charge on any atom is -0.345 e. The first-order chi connectivity index (χ1) is 13.2. The van der Waals surface area contributed by atoms with Gasteiger partial charge >= 0.3 is 0 Å². The molecule has 2 heterocycles. The molecule has 1 saturated heterocycles. The van der Waals surface area contributed by atoms with Gasteiger partial charge in [0.25, 0.3) is 5.91 Å². The number of thiophene rings is 1. The van der Waals surface area contributed by atoms with Crippen LogP contribution in [0.3, 0.4) is 0 Å². The fraction of sp³-hybridized carbons (Fsp3) is 0.182. The largest absolute Gasteiger partial charge is 0.345 e. The maximum Gasteiger partial charge on any atom is 0.263 e. The molecule has 4 rings (SSSR count). The molecule has 1 fully saturated rings. The van der Waals surface area contributed by atoms with E-state index in [2.05, 4.69) is 5.32 Å². The molecule has 1 aliphatic heterocycles. The lowest BCUT2D eigenvalue weighted by Gasteiger charge is -2.38. The topological polar surface area (TPSA) is 49.4 Å². The van der Waals surface area contributed by atoms with Gasteiger partial charge in [-0.25, -0.2) is 0 Å². The Bertz CT molecular complexity index is 865. The van der Waals surface area contributed by atoms with E-state index >= 15 is 0 Å². The van der Waals surface area contributed by atoms with Crippen LogP contribution in [0.25, 0.3) is 0 Å². The minimum absolute atomic E-state index is 0.0109. The zero-order valence-electron chi connectivity index (χ0n) is 14.7. The molecule has 0 aliphatic carbocycles. The molecule has 3 aromatic rings. The highest BCUT2D eigenvalue weighted by Crippen LogP contribution is 2.25. The Labute approximate surface area is 162 Å². The number of nitrogens with one attached hydrogen (secondary N) is 1. The summed E-state index contributed by atoms with van der Waals surface area (Å²) in [6.07, 6.45) is 0. The van der Waals surface area contributed by atoms with Crippen molar-refractivity contribution in [2.45, 2.75) is 6.04 Å². The SMILES string of the molecule is O=C(NC(c1ccccc1)c1ccccc1)C1CN(C(=O)c2cccs2)C1. The number of benzene rings is 2. The number of likely N-dealkylation sites (tertiary alicyclic amines) is 1. The van der Waals surface area contributed by atoms with Crippen LogP contribution >= 0.6 is 11.3 Å². The van der Waals surface area contributed by atoms with Gasteiger partial charge in [-0.15, -0.1) is 11.3 Å². The molecular weight excluding hydrogens is 356 g/mol. The van der Waals surface area contributed by atoms with Gasteiger partial charge in [0.05, 0.1) is 16.8 Å². The zero-order valence-corrected chi connectivity index (χ0v) is 15.6. The van der Waals surface area contributed by atoms with Crippen molar-refractivity contribution in [1.29, 1.82) is 0 Å². The Hall–Kier alpha value is -2.92. The van der Waals surface area contributed by atoms with Crippen LogP contribution in [-0.4, -0.2) is 29.8 Å². The molecule has 2 amide bonds. The molecule has 1 aromatic heterocycles. The van der Waals surface area contributed by atoms with Gasteiger partial charge in [-0.05, 0) is 22.6 Å². The summed E-state index contributed by atoms with van der Waals surface area (Å²) in [6, 6.07) is 23.4. The van der Waals surface area contributed by atoms with E-state index < -0.39 is 0 Å². The minimum atomic E-state index is -0.193. The number of rotatable bonds is 5. The molecule has 2 aromatic carbocycles. The van der Waals surface area contributed by atoms with E-state index in [0.717, 1.165) is 16.0 Å². The molecule has 4 nitrogen and oxygen atoms in total. The van der Waals surface area contributed by atoms with Crippen molar-refractivity contribution in [1.82, 2.24) is 10.2 Å². The molecule has 1 aliphatic rings. The normalized spacial score (nSPS) is 14.0. The van der Waals surface area contributed by atoms with Crippen molar-refractivity contribution in [3.8, 4) is 0 Å². The highest BCUT2D eigenvalue weighted by Gasteiger charge is 2.37. The Morgan fingerprint density at radius 2 is 1.48 bits per heavy atom. The predicted molar refractivity (Wildman–Crippen MR) is 107 cm³/mol. The van der Waals surface area contributed by atoms with Crippen LogP contribution in [-0.2, 0) is 4.79 Å². The first-order valence-electron chi connectivity index (χ1n) is 8.95. The van der Waals surface area contributed by atoms with Crippen LogP contribution in [0.2, 0.25) is 0 Å². The van der Waals surface area contributed by atoms with Crippen LogP contribution in [0.5, 0.6) is 0 Å². The summed E-state index contributed by atoms with van der Waals surface area (Å²) in [6.45, 7) is 0.942. The van der Waals surface area contributed by atoms with Gasteiger partial charge in [-0.2, -0.15) is 0 Å². The van der Waals surface area contributed by atoms with E-state index in [1.807, 2.05) is 78.2 Å². The summed E-state index contributed by atoms with van der Waals surface area (Å²) in [4.78, 5) is 27.6. The third-order valence-corrected chi connectivity index (χ3v) is 5.68. The van der Waals surface area contributed by atoms with Crippen molar-refractivity contribution < 1.29 is 9.59 Å². The van der Waals surface area contributed by atoms with Gasteiger partial charge < -0.3 is 10.2 Å². The smallest absolute Gasteiger partial charge is 0.263 e. The molecule has 0 saturated carbocycles. The summed E-state index contributed by atoms with van der Waals surface area (Å²) in [5.41, 5.74) is 2.09. The van der Waals surface area contributed by atoms with Crippen LogP contribution in [0, 0.1) is 5.92 Å². The zero-order chi connectivity index (χ0) is 18.6. The Morgan fingerprint density at radius 3 is 2.00 bits per heavy atom. The van der Waals surface area contributed by atoms with Crippen molar-refractivity contribution in [3.63, 3.8) is 0 Å². The molecule has 0 radical (unpaired) electrons. The summed E-state index contributed by atoms with van der Waals surface area (Å²) >= 11 is 1.43. The molecule has 0 bridgehead atoms. The van der Waals surface area contributed by atoms with Gasteiger partial charge in [-0.1, -0.05) is 66.7 Å². The molecule has 0 spiro atoms. The Kier molecular flexibility index (Phi) is 5.03. The Morgan fingerprint density at radius 1 is 0.889 bits per heavy atom. The van der Waals surface area contributed by atoms with E-state index in [-0.39, 0.29) is 23.8 Å². The van der Waals surface area contributed by atoms with Gasteiger partial charge in [0.2, 0.25) is 5.91 Å². The molecule has 0 unspecified atom stereocenters. The maximum atomic E-state index is 12.8. The van der Waals surface area contributed by atoms with Crippen molar-refractivity contribution in [2.75, 3.05) is 13.1 Å². The number of amides is 2. The van der Waals surface area contributed by atoms with Crippen LogP contribution in [0.15, 0.2) is 78.2 Å². The van der Waals surface area contributed by atoms with E-state index in [0.29, 0.717) is 13.1 Å². The van der Waals surface area contributed by atoms with Crippen LogP contribution in [0.1, 0.15) is 26.8 Å². The van der Waals surface area contributed by atoms with E-state index in [1.54, 1.807) is 4.90 Å². The summed E-state index contributed by atoms with van der Waals surface area (Å²) < 4.78 is 0. The van der Waals surface area contributed by atoms with Gasteiger partial charge in [0, 0.05) is 13.1 Å². The van der Waals surface area contributed by atoms with Gasteiger partial charge in [0.1, 0.15) is 0 Å². The van der Waals surface area contributed by atoms with Gasteiger partial charge in [0.15, 0.2) is 0 Å². The number of nitrogens with zero attached hydrogens (tertiary/aromatic N) is 1. The predicted octanol–water partition coefficient (Wildman–Crippen LogP) is 3.73. The lowest BCUT2D eigenvalue weighted by Crippen LogP contribution is -2.56. The highest BCUT2D eigenvalue weighted by molar-refractivity contribution is 7.12. The number of hydrogen-bond acceptors (Lipinski definition) is 3. The van der Waals surface area contributed by atoms with Crippen molar-refractivity contribution in [3.05, 3.63) is 94.2 Å². The highest BCUT2D eigenvalue weighted by atomic mass is 32.1. The Balaban J connectivity index is 1.43. The lowest BCUT2D eigenvalue weighted by atomic mass is 9.95. The van der Waals surface area contributed by atoms with E-state index in [4.69, 9.17) is 0 Å². The van der Waals surface area contributed by atoms with Crippen LogP contribution in [0.4, 0.5) is 0 Å². The number of carbonyl (C=O) groups excluding carboxylic acids is 2. The molecule has 27 heavy (non-hydrogen) atoms.